The van der Waals surface area contributed by atoms with Crippen molar-refractivity contribution >= 4 is 11.4 Å². The van der Waals surface area contributed by atoms with Gasteiger partial charge in [0.15, 0.2) is 4.98 Å². The topological polar surface area (TPSA) is 40.6 Å². The van der Waals surface area contributed by atoms with Crippen LogP contribution in [-0.4, -0.2) is 21.2 Å². The maximum Gasteiger partial charge on any atom is 0.411 e. The molecule has 0 saturated heterocycles. The second-order valence-electron chi connectivity index (χ2n) is 2.85. The van der Waals surface area contributed by atoms with E-state index < -0.39 is 0 Å². The van der Waals surface area contributed by atoms with Crippen LogP contribution >= 0.6 is 0 Å². The summed E-state index contributed by atoms with van der Waals surface area (Å²) >= 11 is 0. The summed E-state index contributed by atoms with van der Waals surface area (Å²) < 4.78 is 5.00. The first-order chi connectivity index (χ1) is 6.19. The van der Waals surface area contributed by atoms with Gasteiger partial charge in [0.1, 0.15) is 11.4 Å². The minimum atomic E-state index is 0. The second-order valence-corrected chi connectivity index (χ2v) is 2.85. The number of hydrogen-bond donors (Lipinski definition) is 0. The summed E-state index contributed by atoms with van der Waals surface area (Å²) in [4.78, 5) is 5.05. The molecule has 0 bridgehead atoms. The third-order valence-corrected chi connectivity index (χ3v) is 1.77. The zero-order chi connectivity index (χ0) is 9.84. The van der Waals surface area contributed by atoms with Crippen molar-refractivity contribution < 1.29 is 49.0 Å². The van der Waals surface area contributed by atoms with Gasteiger partial charge in [-0.05, 0) is 12.1 Å². The molecule has 1 rings (SSSR count). The van der Waals surface area contributed by atoms with Gasteiger partial charge in [0.2, 0.25) is 5.39 Å². The molecule has 0 amide bonds. The predicted octanol–water partition coefficient (Wildman–Crippen LogP) is -3.75. The number of halogens is 2. The molecule has 0 unspecified atom stereocenters. The Bertz CT molecular complexity index is 355. The smallest absolute Gasteiger partial charge is 0.411 e. The van der Waals surface area contributed by atoms with Crippen LogP contribution in [0.25, 0.3) is 4.98 Å². The Labute approximate surface area is 121 Å². The van der Waals surface area contributed by atoms with Crippen LogP contribution in [0.5, 0.6) is 5.75 Å². The van der Waals surface area contributed by atoms with Crippen molar-refractivity contribution in [3.05, 3.63) is 23.2 Å². The Morgan fingerprint density at radius 1 is 1.25 bits per heavy atom. The van der Waals surface area contributed by atoms with E-state index in [4.69, 9.17) is 10.1 Å². The molecular weight excluding hydrogens is 302 g/mol. The monoisotopic (exact) mass is 312 g/mol. The summed E-state index contributed by atoms with van der Waals surface area (Å²) in [5.41, 5.74) is 1.35. The summed E-state index contributed by atoms with van der Waals surface area (Å²) in [7, 11) is 5.35. The molecule has 0 radical (unpaired) electrons. The number of diazo groups is 1. The number of methoxy groups -OCH3 is 1. The molecule has 0 spiro atoms. The number of rotatable bonds is 2. The fraction of sp³-hybridized carbons (Fsp3) is 0.333. The molecule has 86 valence electrons. The fourth-order valence-corrected chi connectivity index (χ4v) is 1.09. The molecule has 0 heterocycles. The van der Waals surface area contributed by atoms with Crippen molar-refractivity contribution in [2.24, 2.45) is 0 Å². The van der Waals surface area contributed by atoms with Gasteiger partial charge in [0.05, 0.1) is 13.2 Å². The van der Waals surface area contributed by atoms with Gasteiger partial charge in [-0.2, -0.15) is 0 Å². The molecule has 0 N–H and O–H groups in total. The average Bonchev–Trinajstić information content (AvgIpc) is 2.16. The van der Waals surface area contributed by atoms with Gasteiger partial charge in [0, 0.05) is 33.6 Å². The summed E-state index contributed by atoms with van der Waals surface area (Å²) in [6.07, 6.45) is 0. The van der Waals surface area contributed by atoms with Crippen LogP contribution in [0.2, 0.25) is 0 Å². The molecule has 0 saturated carbocycles. The Morgan fingerprint density at radius 2 is 1.81 bits per heavy atom. The molecule has 0 aliphatic heterocycles. The van der Waals surface area contributed by atoms with Crippen LogP contribution in [0.1, 0.15) is 0 Å². The van der Waals surface area contributed by atoms with Crippen molar-refractivity contribution in [3.8, 4) is 5.75 Å². The van der Waals surface area contributed by atoms with Gasteiger partial charge >= 0.3 is 5.69 Å². The maximum absolute atomic E-state index is 8.73. The van der Waals surface area contributed by atoms with Crippen molar-refractivity contribution in [1.82, 2.24) is 0 Å². The Hall–Kier alpha value is -0.557. The number of hydrogen-bond acceptors (Lipinski definition) is 3. The zero-order valence-corrected chi connectivity index (χ0v) is 13.9. The van der Waals surface area contributed by atoms with E-state index in [0.29, 0.717) is 11.4 Å². The van der Waals surface area contributed by atoms with Crippen LogP contribution in [0, 0.1) is 5.39 Å². The molecule has 0 atom stereocenters. The molecule has 7 heteroatoms. The van der Waals surface area contributed by atoms with E-state index in [1.54, 1.807) is 13.2 Å². The summed E-state index contributed by atoms with van der Waals surface area (Å²) in [6, 6.07) is 5.34. The third-order valence-electron chi connectivity index (χ3n) is 1.77. The largest absolute Gasteiger partial charge is 1.00 e. The normalized spacial score (nSPS) is 7.38. The van der Waals surface area contributed by atoms with Crippen LogP contribution in [0.4, 0.5) is 11.4 Å². The molecule has 16 heavy (non-hydrogen) atoms. The molecule has 0 aromatic heterocycles. The van der Waals surface area contributed by atoms with Crippen molar-refractivity contribution in [2.45, 2.75) is 0 Å². The van der Waals surface area contributed by atoms with Gasteiger partial charge in [-0.1, -0.05) is 0 Å². The second kappa shape index (κ2) is 9.65. The third kappa shape index (κ3) is 4.98. The van der Waals surface area contributed by atoms with Crippen LogP contribution < -0.4 is 34.5 Å². The van der Waals surface area contributed by atoms with Gasteiger partial charge < -0.3 is 34.5 Å². The van der Waals surface area contributed by atoms with E-state index >= 15 is 0 Å². The number of ether oxygens (including phenoxy) is 1. The Morgan fingerprint density at radius 3 is 2.19 bits per heavy atom. The van der Waals surface area contributed by atoms with E-state index in [0.717, 1.165) is 5.69 Å². The molecule has 1 aromatic carbocycles. The van der Waals surface area contributed by atoms with E-state index in [-0.39, 0.29) is 44.3 Å². The van der Waals surface area contributed by atoms with E-state index in [1.165, 1.54) is 0 Å². The standard InChI is InChI=1S/C9H12N3O.2ClH.Zn/c1-12(2)9-5-4-7(13-3)6-8(9)11-10;;;/h4-6H,1-3H3;2*1H;/q+1;;;/p-2. The molecule has 0 aliphatic carbocycles. The molecular formula is C9H12Cl2N3OZn-. The van der Waals surface area contributed by atoms with Crippen LogP contribution in [0.15, 0.2) is 18.2 Å². The Balaban J connectivity index is -0.000000563. The summed E-state index contributed by atoms with van der Waals surface area (Å²) in [5, 5.41) is 8.73. The van der Waals surface area contributed by atoms with Crippen molar-refractivity contribution in [3.63, 3.8) is 0 Å². The first-order valence-electron chi connectivity index (χ1n) is 3.89. The SMILES string of the molecule is COc1ccc(N(C)C)c([N+]#N)c1.[Cl-].[Cl-].[Zn]. The fourth-order valence-electron chi connectivity index (χ4n) is 1.09. The zero-order valence-electron chi connectivity index (χ0n) is 9.44. The van der Waals surface area contributed by atoms with Gasteiger partial charge in [0.25, 0.3) is 0 Å². The van der Waals surface area contributed by atoms with Crippen molar-refractivity contribution in [1.29, 1.82) is 5.39 Å². The molecule has 0 fully saturated rings. The molecule has 0 aliphatic rings. The average molecular weight is 315 g/mol. The van der Waals surface area contributed by atoms with Gasteiger partial charge in [-0.15, -0.1) is 0 Å². The van der Waals surface area contributed by atoms with Gasteiger partial charge in [-0.3, -0.25) is 0 Å². The van der Waals surface area contributed by atoms with E-state index in [1.807, 2.05) is 31.1 Å². The van der Waals surface area contributed by atoms with Crippen molar-refractivity contribution in [2.75, 3.05) is 26.1 Å². The first-order valence-corrected chi connectivity index (χ1v) is 3.89. The minimum Gasteiger partial charge on any atom is -1.00 e. The summed E-state index contributed by atoms with van der Waals surface area (Å²) in [5.74, 6) is 0.679. The van der Waals surface area contributed by atoms with Crippen LogP contribution in [0.3, 0.4) is 0 Å². The summed E-state index contributed by atoms with van der Waals surface area (Å²) in [6.45, 7) is 0. The van der Waals surface area contributed by atoms with E-state index in [9.17, 15) is 0 Å². The molecule has 1 aromatic rings. The maximum atomic E-state index is 8.73. The first kappa shape index (κ1) is 20.8. The minimum absolute atomic E-state index is 0. The molecule has 4 nitrogen and oxygen atoms in total. The van der Waals surface area contributed by atoms with Crippen LogP contribution in [-0.2, 0) is 19.5 Å². The quantitative estimate of drug-likeness (QED) is 0.416. The Kier molecular flexibility index (Phi) is 12.6. The number of anilines is 1. The number of nitrogens with zero attached hydrogens (tertiary/aromatic N) is 3. The van der Waals surface area contributed by atoms with Gasteiger partial charge in [-0.25, -0.2) is 0 Å². The predicted molar refractivity (Wildman–Crippen MR) is 52.1 cm³/mol. The number of benzene rings is 1. The van der Waals surface area contributed by atoms with E-state index in [2.05, 4.69) is 4.98 Å².